The van der Waals surface area contributed by atoms with Gasteiger partial charge in [-0.3, -0.25) is 0 Å². The number of thiazole rings is 1. The van der Waals surface area contributed by atoms with Gasteiger partial charge in [0.05, 0.1) is 6.04 Å². The van der Waals surface area contributed by atoms with Crippen molar-refractivity contribution >= 4 is 34.0 Å². The summed E-state index contributed by atoms with van der Waals surface area (Å²) in [6, 6.07) is 6.15. The van der Waals surface area contributed by atoms with Gasteiger partial charge >= 0.3 is 5.97 Å². The molecule has 1 unspecified atom stereocenters. The monoisotopic (exact) mass is 314 g/mol. The molecule has 0 aliphatic heterocycles. The van der Waals surface area contributed by atoms with Crippen LogP contribution in [0.5, 0.6) is 0 Å². The van der Waals surface area contributed by atoms with E-state index in [-0.39, 0.29) is 21.9 Å². The van der Waals surface area contributed by atoms with Crippen molar-refractivity contribution in [3.63, 3.8) is 0 Å². The van der Waals surface area contributed by atoms with E-state index in [0.717, 1.165) is 11.3 Å². The first-order valence-corrected chi connectivity index (χ1v) is 6.98. The Morgan fingerprint density at radius 3 is 2.70 bits per heavy atom. The molecular formula is C13H12ClFN2O2S. The van der Waals surface area contributed by atoms with Crippen LogP contribution >= 0.6 is 22.9 Å². The molecule has 0 fully saturated rings. The topological polar surface area (TPSA) is 53.4 Å². The number of benzene rings is 1. The number of aromatic nitrogens is 1. The van der Waals surface area contributed by atoms with Gasteiger partial charge in [-0.05, 0) is 13.0 Å². The molecule has 0 spiro atoms. The average molecular weight is 315 g/mol. The number of aromatic carboxylic acids is 1. The molecule has 1 aromatic heterocycles. The number of carboxylic acid groups (broad SMARTS) is 1. The molecule has 4 nitrogen and oxygen atoms in total. The first kappa shape index (κ1) is 14.7. The lowest BCUT2D eigenvalue weighted by atomic mass is 10.1. The van der Waals surface area contributed by atoms with Crippen molar-refractivity contribution in [2.75, 3.05) is 11.9 Å². The first-order valence-electron chi connectivity index (χ1n) is 5.78. The number of rotatable bonds is 4. The third-order valence-corrected chi connectivity index (χ3v) is 4.53. The van der Waals surface area contributed by atoms with Gasteiger partial charge in [0.2, 0.25) is 0 Å². The van der Waals surface area contributed by atoms with Gasteiger partial charge in [-0.1, -0.05) is 41.1 Å². The Hall–Kier alpha value is -1.66. The molecule has 106 valence electrons. The fourth-order valence-electron chi connectivity index (χ4n) is 1.76. The quantitative estimate of drug-likeness (QED) is 0.931. The van der Waals surface area contributed by atoms with Crippen LogP contribution in [0.2, 0.25) is 5.15 Å². The van der Waals surface area contributed by atoms with Crippen molar-refractivity contribution in [3.05, 3.63) is 45.7 Å². The summed E-state index contributed by atoms with van der Waals surface area (Å²) in [5.74, 6) is -1.43. The Labute approximate surface area is 124 Å². The number of hydrogen-bond acceptors (Lipinski definition) is 4. The fourth-order valence-corrected chi connectivity index (χ4v) is 2.93. The average Bonchev–Trinajstić information content (AvgIpc) is 2.80. The lowest BCUT2D eigenvalue weighted by Gasteiger charge is -2.24. The van der Waals surface area contributed by atoms with Gasteiger partial charge in [0.25, 0.3) is 0 Å². The molecule has 7 heteroatoms. The van der Waals surface area contributed by atoms with Gasteiger partial charge in [-0.15, -0.1) is 0 Å². The highest BCUT2D eigenvalue weighted by Crippen LogP contribution is 2.33. The van der Waals surface area contributed by atoms with Crippen LogP contribution in [0.3, 0.4) is 0 Å². The van der Waals surface area contributed by atoms with Gasteiger partial charge in [0.1, 0.15) is 5.82 Å². The summed E-state index contributed by atoms with van der Waals surface area (Å²) in [5.41, 5.74) is 0.512. The molecule has 1 atom stereocenters. The number of hydrogen-bond donors (Lipinski definition) is 1. The standard InChI is InChI=1S/C13H12ClFN2O2S/c1-7(8-5-3-4-6-9(8)15)17(2)13-16-11(14)10(20-13)12(18)19/h3-7H,1-2H3,(H,18,19). The SMILES string of the molecule is CC(c1ccccc1F)N(C)c1nc(Cl)c(C(=O)O)s1. The second kappa shape index (κ2) is 5.76. The van der Waals surface area contributed by atoms with Gasteiger partial charge in [0.15, 0.2) is 15.2 Å². The predicted molar refractivity (Wildman–Crippen MR) is 77.3 cm³/mol. The van der Waals surface area contributed by atoms with Crippen molar-refractivity contribution in [1.82, 2.24) is 4.98 Å². The molecule has 0 aliphatic rings. The summed E-state index contributed by atoms with van der Waals surface area (Å²) in [7, 11) is 1.72. The maximum absolute atomic E-state index is 13.8. The molecule has 20 heavy (non-hydrogen) atoms. The number of carboxylic acids is 1. The summed E-state index contributed by atoms with van der Waals surface area (Å²) < 4.78 is 13.8. The molecule has 0 bridgehead atoms. The zero-order valence-corrected chi connectivity index (χ0v) is 12.4. The minimum absolute atomic E-state index is 0.0192. The van der Waals surface area contributed by atoms with Crippen LogP contribution < -0.4 is 4.90 Å². The van der Waals surface area contributed by atoms with Crippen molar-refractivity contribution in [3.8, 4) is 0 Å². The van der Waals surface area contributed by atoms with Gasteiger partial charge in [-0.25, -0.2) is 14.2 Å². The normalized spacial score (nSPS) is 12.2. The van der Waals surface area contributed by atoms with Crippen molar-refractivity contribution < 1.29 is 14.3 Å². The van der Waals surface area contributed by atoms with Crippen LogP contribution in [-0.4, -0.2) is 23.1 Å². The Bertz CT molecular complexity index is 647. The van der Waals surface area contributed by atoms with E-state index in [2.05, 4.69) is 4.98 Å². The van der Waals surface area contributed by atoms with Crippen LogP contribution in [-0.2, 0) is 0 Å². The van der Waals surface area contributed by atoms with E-state index in [1.807, 2.05) is 6.92 Å². The number of nitrogens with zero attached hydrogens (tertiary/aromatic N) is 2. The minimum atomic E-state index is -1.12. The lowest BCUT2D eigenvalue weighted by molar-refractivity contribution is 0.0702. The highest BCUT2D eigenvalue weighted by atomic mass is 35.5. The maximum atomic E-state index is 13.8. The molecule has 0 radical (unpaired) electrons. The lowest BCUT2D eigenvalue weighted by Crippen LogP contribution is -2.22. The van der Waals surface area contributed by atoms with E-state index in [4.69, 9.17) is 16.7 Å². The van der Waals surface area contributed by atoms with E-state index in [1.54, 1.807) is 30.1 Å². The summed E-state index contributed by atoms with van der Waals surface area (Å²) in [6.07, 6.45) is 0. The van der Waals surface area contributed by atoms with Crippen LogP contribution in [0, 0.1) is 5.82 Å². The van der Waals surface area contributed by atoms with E-state index in [1.165, 1.54) is 6.07 Å². The molecule has 1 heterocycles. The maximum Gasteiger partial charge on any atom is 0.349 e. The third-order valence-electron chi connectivity index (χ3n) is 3.01. The third kappa shape index (κ3) is 2.76. The molecule has 1 aromatic carbocycles. The highest BCUT2D eigenvalue weighted by molar-refractivity contribution is 7.18. The van der Waals surface area contributed by atoms with Crippen LogP contribution in [0.15, 0.2) is 24.3 Å². The Morgan fingerprint density at radius 1 is 1.50 bits per heavy atom. The number of carbonyl (C=O) groups is 1. The van der Waals surface area contributed by atoms with Crippen LogP contribution in [0.4, 0.5) is 9.52 Å². The van der Waals surface area contributed by atoms with Gasteiger partial charge in [-0.2, -0.15) is 0 Å². The molecule has 2 rings (SSSR count). The summed E-state index contributed by atoms with van der Waals surface area (Å²) in [6.45, 7) is 1.81. The molecule has 0 saturated carbocycles. The second-order valence-corrected chi connectivity index (χ2v) is 5.57. The summed E-state index contributed by atoms with van der Waals surface area (Å²) in [5, 5.41) is 9.35. The molecule has 2 aromatic rings. The Balaban J connectivity index is 2.32. The van der Waals surface area contributed by atoms with E-state index < -0.39 is 5.97 Å². The van der Waals surface area contributed by atoms with E-state index in [9.17, 15) is 9.18 Å². The van der Waals surface area contributed by atoms with Crippen molar-refractivity contribution in [2.24, 2.45) is 0 Å². The van der Waals surface area contributed by atoms with Gasteiger partial charge in [0, 0.05) is 12.6 Å². The van der Waals surface area contributed by atoms with Crippen LogP contribution in [0.1, 0.15) is 28.2 Å². The van der Waals surface area contributed by atoms with E-state index >= 15 is 0 Å². The fraction of sp³-hybridized carbons (Fsp3) is 0.231. The van der Waals surface area contributed by atoms with Crippen LogP contribution in [0.25, 0.3) is 0 Å². The zero-order valence-electron chi connectivity index (χ0n) is 10.8. The summed E-state index contributed by atoms with van der Waals surface area (Å²) in [4.78, 5) is 16.7. The first-order chi connectivity index (χ1) is 9.41. The Kier molecular flexibility index (Phi) is 4.25. The Morgan fingerprint density at radius 2 is 2.15 bits per heavy atom. The second-order valence-electron chi connectivity index (χ2n) is 4.23. The number of anilines is 1. The highest BCUT2D eigenvalue weighted by Gasteiger charge is 2.22. The van der Waals surface area contributed by atoms with E-state index in [0.29, 0.717) is 10.7 Å². The smallest absolute Gasteiger partial charge is 0.349 e. The van der Waals surface area contributed by atoms with Crippen molar-refractivity contribution in [2.45, 2.75) is 13.0 Å². The van der Waals surface area contributed by atoms with Crippen molar-refractivity contribution in [1.29, 1.82) is 0 Å². The summed E-state index contributed by atoms with van der Waals surface area (Å²) >= 11 is 6.75. The predicted octanol–water partition coefficient (Wildman–Crippen LogP) is 3.83. The molecule has 0 aliphatic carbocycles. The molecular weight excluding hydrogens is 303 g/mol. The zero-order chi connectivity index (χ0) is 14.9. The minimum Gasteiger partial charge on any atom is -0.477 e. The largest absolute Gasteiger partial charge is 0.477 e. The molecule has 1 N–H and O–H groups in total. The molecule has 0 saturated heterocycles. The molecule has 0 amide bonds. The van der Waals surface area contributed by atoms with Gasteiger partial charge < -0.3 is 10.0 Å². The number of halogens is 2.